The first kappa shape index (κ1) is 22.9. The molecule has 1 aliphatic rings. The number of hydrogen-bond donors (Lipinski definition) is 0. The Kier molecular flexibility index (Phi) is 4.75. The molecule has 5 nitrogen and oxygen atoms in total. The van der Waals surface area contributed by atoms with E-state index in [4.69, 9.17) is 9.40 Å². The van der Waals surface area contributed by atoms with Gasteiger partial charge in [0.15, 0.2) is 0 Å². The van der Waals surface area contributed by atoms with Gasteiger partial charge in [-0.2, -0.15) is 0 Å². The molecule has 1 aliphatic heterocycles. The Balaban J connectivity index is 1.45. The highest BCUT2D eigenvalue weighted by Gasteiger charge is 2.44. The van der Waals surface area contributed by atoms with Crippen LogP contribution in [0, 0.1) is 13.8 Å². The predicted octanol–water partition coefficient (Wildman–Crippen LogP) is 8.33. The zero-order chi connectivity index (χ0) is 26.3. The van der Waals surface area contributed by atoms with Crippen molar-refractivity contribution in [2.24, 2.45) is 7.05 Å². The molecular formula is C33H32N4O. The summed E-state index contributed by atoms with van der Waals surface area (Å²) >= 11 is 0. The van der Waals surface area contributed by atoms with E-state index in [1.54, 1.807) is 0 Å². The van der Waals surface area contributed by atoms with Gasteiger partial charge in [-0.25, -0.2) is 4.98 Å². The molecule has 3 aromatic heterocycles. The Hall–Kier alpha value is -4.25. The largest absolute Gasteiger partial charge is 0.438 e. The van der Waals surface area contributed by atoms with Crippen molar-refractivity contribution in [2.45, 2.75) is 46.3 Å². The minimum absolute atomic E-state index is 0.0820. The van der Waals surface area contributed by atoms with Gasteiger partial charge < -0.3 is 18.8 Å². The zero-order valence-electron chi connectivity index (χ0n) is 22.8. The van der Waals surface area contributed by atoms with Gasteiger partial charge in [0.05, 0.1) is 16.9 Å². The molecule has 1 atom stereocenters. The Morgan fingerprint density at radius 1 is 0.868 bits per heavy atom. The summed E-state index contributed by atoms with van der Waals surface area (Å²) in [5.74, 6) is 1.19. The Morgan fingerprint density at radius 3 is 2.39 bits per heavy atom. The summed E-state index contributed by atoms with van der Waals surface area (Å²) in [4.78, 5) is 9.75. The lowest BCUT2D eigenvalue weighted by molar-refractivity contribution is 0.448. The summed E-state index contributed by atoms with van der Waals surface area (Å²) in [6.45, 7) is 11.2. The molecule has 0 bridgehead atoms. The van der Waals surface area contributed by atoms with Crippen LogP contribution in [0.3, 0.4) is 0 Å². The summed E-state index contributed by atoms with van der Waals surface area (Å²) in [5, 5.41) is 3.48. The molecular weight excluding hydrogens is 468 g/mol. The van der Waals surface area contributed by atoms with Crippen LogP contribution in [-0.4, -0.2) is 15.7 Å². The molecule has 0 fully saturated rings. The lowest BCUT2D eigenvalue weighted by atomic mass is 9.84. The van der Waals surface area contributed by atoms with Crippen molar-refractivity contribution in [3.63, 3.8) is 0 Å². The van der Waals surface area contributed by atoms with E-state index in [0.29, 0.717) is 5.71 Å². The van der Waals surface area contributed by atoms with Crippen LogP contribution < -0.4 is 9.80 Å². The fourth-order valence-corrected chi connectivity index (χ4v) is 6.83. The van der Waals surface area contributed by atoms with Gasteiger partial charge in [0, 0.05) is 34.4 Å². The first-order valence-corrected chi connectivity index (χ1v) is 13.3. The number of aromatic nitrogens is 2. The van der Waals surface area contributed by atoms with Crippen molar-refractivity contribution in [3.05, 3.63) is 95.7 Å². The van der Waals surface area contributed by atoms with Gasteiger partial charge >= 0.3 is 0 Å². The van der Waals surface area contributed by atoms with E-state index in [9.17, 15) is 0 Å². The summed E-state index contributed by atoms with van der Waals surface area (Å²) in [6, 6.07) is 28.2. The molecule has 0 spiro atoms. The highest BCUT2D eigenvalue weighted by molar-refractivity contribution is 6.07. The van der Waals surface area contributed by atoms with E-state index in [1.165, 1.54) is 39.2 Å². The van der Waals surface area contributed by atoms with Crippen LogP contribution in [0.5, 0.6) is 0 Å². The van der Waals surface area contributed by atoms with Crippen molar-refractivity contribution in [1.29, 1.82) is 0 Å². The van der Waals surface area contributed by atoms with Crippen LogP contribution in [-0.2, 0) is 12.6 Å². The number of fused-ring (bicyclic) bond motifs is 5. The predicted molar refractivity (Wildman–Crippen MR) is 157 cm³/mol. The molecule has 0 N–H and O–H groups in total. The second-order valence-electron chi connectivity index (χ2n) is 11.1. The number of pyridine rings is 1. The lowest BCUT2D eigenvalue weighted by Gasteiger charge is -2.43. The molecule has 0 amide bonds. The molecule has 0 unspecified atom stereocenters. The van der Waals surface area contributed by atoms with Crippen LogP contribution in [0.15, 0.2) is 83.3 Å². The van der Waals surface area contributed by atoms with Crippen LogP contribution in [0.4, 0.5) is 17.2 Å². The molecule has 7 rings (SSSR count). The molecule has 5 heteroatoms. The molecule has 0 saturated carbocycles. The Morgan fingerprint density at radius 2 is 1.61 bits per heavy atom. The maximum Gasteiger partial charge on any atom is 0.227 e. The van der Waals surface area contributed by atoms with Gasteiger partial charge in [0.25, 0.3) is 0 Å². The van der Waals surface area contributed by atoms with Gasteiger partial charge in [-0.3, -0.25) is 0 Å². The number of nitrogens with zero attached hydrogens (tertiary/aromatic N) is 4. The monoisotopic (exact) mass is 500 g/mol. The number of hydrogen-bond acceptors (Lipinski definition) is 4. The van der Waals surface area contributed by atoms with Crippen LogP contribution in [0.1, 0.15) is 37.6 Å². The minimum Gasteiger partial charge on any atom is -0.438 e. The second-order valence-corrected chi connectivity index (χ2v) is 11.1. The van der Waals surface area contributed by atoms with E-state index in [2.05, 4.69) is 128 Å². The Labute approximate surface area is 222 Å². The fourth-order valence-electron chi connectivity index (χ4n) is 6.83. The third-order valence-corrected chi connectivity index (χ3v) is 8.39. The molecule has 0 radical (unpaired) electrons. The smallest absolute Gasteiger partial charge is 0.227 e. The van der Waals surface area contributed by atoms with Crippen LogP contribution in [0.2, 0.25) is 0 Å². The summed E-state index contributed by atoms with van der Waals surface area (Å²) in [6.07, 6.45) is 0.0820. The third-order valence-electron chi connectivity index (χ3n) is 8.39. The summed E-state index contributed by atoms with van der Waals surface area (Å²) in [7, 11) is 2.16. The molecule has 4 heterocycles. The van der Waals surface area contributed by atoms with Crippen molar-refractivity contribution in [1.82, 2.24) is 9.55 Å². The van der Waals surface area contributed by atoms with E-state index in [1.807, 2.05) is 6.92 Å². The maximum atomic E-state index is 6.28. The molecule has 38 heavy (non-hydrogen) atoms. The number of furan rings is 1. The molecule has 6 aromatic rings. The van der Waals surface area contributed by atoms with Gasteiger partial charge in [-0.05, 0) is 88.2 Å². The van der Waals surface area contributed by atoms with Crippen molar-refractivity contribution in [3.8, 4) is 0 Å². The average molecular weight is 501 g/mol. The van der Waals surface area contributed by atoms with Gasteiger partial charge in [-0.1, -0.05) is 36.4 Å². The number of aryl methyl sites for hydroxylation is 3. The van der Waals surface area contributed by atoms with Crippen molar-refractivity contribution in [2.75, 3.05) is 9.80 Å². The van der Waals surface area contributed by atoms with E-state index in [-0.39, 0.29) is 11.7 Å². The fraction of sp³-hybridized carbons (Fsp3) is 0.242. The van der Waals surface area contributed by atoms with Gasteiger partial charge in [0.1, 0.15) is 17.6 Å². The number of para-hydroxylation sites is 3. The standard InChI is InChI=1S/C33H32N4O/c1-20-15-18-28-30(24-17-16-21(2)34-32(24)38-28)31(20)33(4,5)37-22(3)36(26-13-9-10-14-27(26)37)29-19-23-11-7-8-12-25(23)35(29)6/h7-19,22H,1-6H3/t22-/m1/s1. The molecule has 0 saturated heterocycles. The second kappa shape index (κ2) is 7.87. The maximum absolute atomic E-state index is 6.28. The van der Waals surface area contributed by atoms with Crippen molar-refractivity contribution < 1.29 is 4.42 Å². The first-order valence-electron chi connectivity index (χ1n) is 13.3. The average Bonchev–Trinajstić information content (AvgIpc) is 3.52. The van der Waals surface area contributed by atoms with Gasteiger partial charge in [0.2, 0.25) is 5.71 Å². The van der Waals surface area contributed by atoms with Crippen LogP contribution in [0.25, 0.3) is 33.0 Å². The normalized spacial score (nSPS) is 15.8. The number of benzene rings is 3. The number of rotatable bonds is 3. The highest BCUT2D eigenvalue weighted by atomic mass is 16.3. The number of anilines is 3. The van der Waals surface area contributed by atoms with Crippen LogP contribution >= 0.6 is 0 Å². The highest BCUT2D eigenvalue weighted by Crippen LogP contribution is 2.51. The minimum atomic E-state index is -0.347. The van der Waals surface area contributed by atoms with Crippen molar-refractivity contribution >= 4 is 50.2 Å². The zero-order valence-corrected chi connectivity index (χ0v) is 22.8. The third kappa shape index (κ3) is 3.02. The SMILES string of the molecule is Cc1ccc2c(n1)oc1ccc(C)c(C(C)(C)N3c4ccccc4N(c4cc5ccccc5n4C)[C@H]3C)c12. The first-order chi connectivity index (χ1) is 18.3. The summed E-state index contributed by atoms with van der Waals surface area (Å²) < 4.78 is 8.59. The van der Waals surface area contributed by atoms with E-state index in [0.717, 1.165) is 22.0 Å². The molecule has 3 aromatic carbocycles. The molecule has 0 aliphatic carbocycles. The van der Waals surface area contributed by atoms with E-state index < -0.39 is 0 Å². The Bertz CT molecular complexity index is 1880. The van der Waals surface area contributed by atoms with E-state index >= 15 is 0 Å². The molecule has 190 valence electrons. The lowest BCUT2D eigenvalue weighted by Crippen LogP contribution is -2.49. The topological polar surface area (TPSA) is 37.4 Å². The summed E-state index contributed by atoms with van der Waals surface area (Å²) in [5.41, 5.74) is 8.41. The van der Waals surface area contributed by atoms with Gasteiger partial charge in [-0.15, -0.1) is 0 Å². The quantitative estimate of drug-likeness (QED) is 0.245.